The van der Waals surface area contributed by atoms with E-state index >= 15 is 0 Å². The number of nitrogens with one attached hydrogen (secondary N) is 1. The molecular weight excluding hydrogens is 238 g/mol. The number of hydrogen-bond donors (Lipinski definition) is 1. The Kier molecular flexibility index (Phi) is 3.02. The maximum atomic E-state index is 11.2. The molecule has 0 amide bonds. The van der Waals surface area contributed by atoms with Crippen LogP contribution in [0.3, 0.4) is 0 Å². The van der Waals surface area contributed by atoms with E-state index in [9.17, 15) is 13.2 Å². The second kappa shape index (κ2) is 4.33. The average molecular weight is 251 g/mol. The van der Waals surface area contributed by atoms with Gasteiger partial charge in [0.2, 0.25) is 0 Å². The van der Waals surface area contributed by atoms with Gasteiger partial charge in [0.25, 0.3) is 0 Å². The van der Waals surface area contributed by atoms with E-state index in [4.69, 9.17) is 0 Å². The van der Waals surface area contributed by atoms with E-state index in [2.05, 4.69) is 5.32 Å². The van der Waals surface area contributed by atoms with Crippen LogP contribution in [0.15, 0.2) is 35.7 Å². The number of carbonyl (C=O) groups excluding carboxylic acids is 1. The molecule has 1 aromatic rings. The molecule has 0 unspecified atom stereocenters. The van der Waals surface area contributed by atoms with Crippen molar-refractivity contribution >= 4 is 21.3 Å². The van der Waals surface area contributed by atoms with E-state index in [-0.39, 0.29) is 17.6 Å². The Labute approximate surface area is 100 Å². The number of sulfone groups is 1. The molecule has 17 heavy (non-hydrogen) atoms. The first kappa shape index (κ1) is 11.9. The predicted octanol–water partition coefficient (Wildman–Crippen LogP) is 1.61. The molecule has 1 N–H and O–H groups in total. The molecule has 1 atom stereocenters. The van der Waals surface area contributed by atoms with Gasteiger partial charge in [-0.2, -0.15) is 0 Å². The van der Waals surface area contributed by atoms with Crippen LogP contribution in [0.4, 0.5) is 5.69 Å². The van der Waals surface area contributed by atoms with Gasteiger partial charge in [-0.15, -0.1) is 0 Å². The van der Waals surface area contributed by atoms with Crippen LogP contribution in [0.2, 0.25) is 0 Å². The number of anilines is 1. The minimum Gasteiger partial charge on any atom is -0.378 e. The van der Waals surface area contributed by atoms with Crippen molar-refractivity contribution in [2.24, 2.45) is 0 Å². The zero-order valence-corrected chi connectivity index (χ0v) is 10.2. The molecule has 1 aliphatic heterocycles. The lowest BCUT2D eigenvalue weighted by molar-refractivity contribution is 0.101. The fourth-order valence-corrected chi connectivity index (χ4v) is 2.94. The normalized spacial score (nSPS) is 21.4. The van der Waals surface area contributed by atoms with Crippen molar-refractivity contribution < 1.29 is 13.2 Å². The second-order valence-electron chi connectivity index (χ2n) is 4.05. The van der Waals surface area contributed by atoms with E-state index in [0.717, 1.165) is 5.69 Å². The number of rotatable bonds is 3. The lowest BCUT2D eigenvalue weighted by Gasteiger charge is -2.11. The number of Topliss-reactive ketones (excluding diaryl/α,β-unsaturated/α-hetero) is 1. The lowest BCUT2D eigenvalue weighted by Crippen LogP contribution is -2.20. The first-order valence-electron chi connectivity index (χ1n) is 5.25. The molecule has 1 heterocycles. The van der Waals surface area contributed by atoms with Gasteiger partial charge < -0.3 is 5.32 Å². The minimum atomic E-state index is -3.05. The summed E-state index contributed by atoms with van der Waals surface area (Å²) in [4.78, 5) is 11.2. The van der Waals surface area contributed by atoms with Crippen LogP contribution in [0, 0.1) is 0 Å². The fourth-order valence-electron chi connectivity index (χ4n) is 1.71. The van der Waals surface area contributed by atoms with Gasteiger partial charge >= 0.3 is 0 Å². The summed E-state index contributed by atoms with van der Waals surface area (Å²) in [6.07, 6.45) is 1.62. The highest BCUT2D eigenvalue weighted by Crippen LogP contribution is 2.16. The highest BCUT2D eigenvalue weighted by atomic mass is 32.2. The van der Waals surface area contributed by atoms with Crippen LogP contribution in [-0.4, -0.2) is 26.0 Å². The molecule has 0 aromatic heterocycles. The summed E-state index contributed by atoms with van der Waals surface area (Å²) in [6.45, 7) is 1.50. The van der Waals surface area contributed by atoms with E-state index in [1.54, 1.807) is 24.3 Å². The molecule has 0 saturated heterocycles. The van der Waals surface area contributed by atoms with Crippen molar-refractivity contribution in [3.63, 3.8) is 0 Å². The molecule has 0 fully saturated rings. The molecule has 2 rings (SSSR count). The lowest BCUT2D eigenvalue weighted by atomic mass is 10.1. The Hall–Kier alpha value is -1.62. The predicted molar refractivity (Wildman–Crippen MR) is 66.8 cm³/mol. The maximum absolute atomic E-state index is 11.2. The molecule has 1 aromatic carbocycles. The molecular formula is C12H13NO3S. The molecule has 0 saturated carbocycles. The van der Waals surface area contributed by atoms with Gasteiger partial charge in [-0.25, -0.2) is 8.42 Å². The van der Waals surface area contributed by atoms with E-state index in [1.165, 1.54) is 12.3 Å². The molecule has 90 valence electrons. The first-order valence-corrected chi connectivity index (χ1v) is 6.96. The third-order valence-corrected chi connectivity index (χ3v) is 3.95. The standard InChI is InChI=1S/C12H13NO3S/c1-9(14)10-3-2-4-11(7-10)13-12-5-6-17(15,16)8-12/h2-7,12-13H,8H2,1H3/t12-/m1/s1. The molecule has 0 aliphatic carbocycles. The smallest absolute Gasteiger partial charge is 0.173 e. The number of carbonyl (C=O) groups is 1. The summed E-state index contributed by atoms with van der Waals surface area (Å²) in [5.41, 5.74) is 1.37. The van der Waals surface area contributed by atoms with Gasteiger partial charge in [0, 0.05) is 16.7 Å². The van der Waals surface area contributed by atoms with Crippen LogP contribution in [-0.2, 0) is 9.84 Å². The van der Waals surface area contributed by atoms with E-state index < -0.39 is 9.84 Å². The van der Waals surface area contributed by atoms with Crippen molar-refractivity contribution in [1.29, 1.82) is 0 Å². The largest absolute Gasteiger partial charge is 0.378 e. The quantitative estimate of drug-likeness (QED) is 0.829. The number of benzene rings is 1. The van der Waals surface area contributed by atoms with Crippen molar-refractivity contribution in [3.05, 3.63) is 41.3 Å². The summed E-state index contributed by atoms with van der Waals surface area (Å²) >= 11 is 0. The third-order valence-electron chi connectivity index (χ3n) is 2.55. The van der Waals surface area contributed by atoms with Crippen LogP contribution in [0.5, 0.6) is 0 Å². The summed E-state index contributed by atoms with van der Waals surface area (Å²) < 4.78 is 22.5. The molecule has 5 heteroatoms. The first-order chi connectivity index (χ1) is 7.96. The summed E-state index contributed by atoms with van der Waals surface area (Å²) in [5.74, 6) is 0.0559. The van der Waals surface area contributed by atoms with E-state index in [0.29, 0.717) is 5.56 Å². The van der Waals surface area contributed by atoms with Crippen LogP contribution < -0.4 is 5.32 Å². The Morgan fingerprint density at radius 3 is 2.76 bits per heavy atom. The zero-order chi connectivity index (χ0) is 12.5. The van der Waals surface area contributed by atoms with Gasteiger partial charge in [-0.3, -0.25) is 4.79 Å². The van der Waals surface area contributed by atoms with Gasteiger partial charge in [-0.1, -0.05) is 18.2 Å². The van der Waals surface area contributed by atoms with Gasteiger partial charge in [-0.05, 0) is 19.1 Å². The Morgan fingerprint density at radius 2 is 2.18 bits per heavy atom. The van der Waals surface area contributed by atoms with Crippen molar-refractivity contribution in [2.75, 3.05) is 11.1 Å². The topological polar surface area (TPSA) is 63.2 Å². The molecule has 0 spiro atoms. The third kappa shape index (κ3) is 2.94. The molecule has 0 bridgehead atoms. The van der Waals surface area contributed by atoms with Gasteiger partial charge in [0.15, 0.2) is 15.6 Å². The van der Waals surface area contributed by atoms with Crippen LogP contribution in [0.1, 0.15) is 17.3 Å². The molecule has 0 radical (unpaired) electrons. The summed E-state index contributed by atoms with van der Waals surface area (Å²) in [7, 11) is -3.05. The fraction of sp³-hybridized carbons (Fsp3) is 0.250. The summed E-state index contributed by atoms with van der Waals surface area (Å²) in [6, 6.07) is 6.81. The zero-order valence-electron chi connectivity index (χ0n) is 9.38. The maximum Gasteiger partial charge on any atom is 0.173 e. The SMILES string of the molecule is CC(=O)c1cccc(N[C@@H]2C=CS(=O)(=O)C2)c1. The van der Waals surface area contributed by atoms with Gasteiger partial charge in [0.05, 0.1) is 11.8 Å². The monoisotopic (exact) mass is 251 g/mol. The highest BCUT2D eigenvalue weighted by molar-refractivity contribution is 7.94. The minimum absolute atomic E-state index is 0.0109. The second-order valence-corrected chi connectivity index (χ2v) is 5.98. The Balaban J connectivity index is 2.13. The van der Waals surface area contributed by atoms with Crippen LogP contribution in [0.25, 0.3) is 0 Å². The highest BCUT2D eigenvalue weighted by Gasteiger charge is 2.21. The van der Waals surface area contributed by atoms with E-state index in [1.807, 2.05) is 6.07 Å². The van der Waals surface area contributed by atoms with Crippen molar-refractivity contribution in [1.82, 2.24) is 0 Å². The Bertz CT molecular complexity index is 575. The number of hydrogen-bond acceptors (Lipinski definition) is 4. The van der Waals surface area contributed by atoms with Crippen molar-refractivity contribution in [3.8, 4) is 0 Å². The van der Waals surface area contributed by atoms with Crippen molar-refractivity contribution in [2.45, 2.75) is 13.0 Å². The summed E-state index contributed by atoms with van der Waals surface area (Å²) in [5, 5.41) is 4.30. The van der Waals surface area contributed by atoms with Crippen LogP contribution >= 0.6 is 0 Å². The molecule has 1 aliphatic rings. The van der Waals surface area contributed by atoms with Gasteiger partial charge in [0.1, 0.15) is 0 Å². The Morgan fingerprint density at radius 1 is 1.41 bits per heavy atom. The number of ketones is 1. The molecule has 4 nitrogen and oxygen atoms in total. The average Bonchev–Trinajstić information content (AvgIpc) is 2.58.